The largest absolute Gasteiger partial charge is 0.272 e. The predicted molar refractivity (Wildman–Crippen MR) is 76.5 cm³/mol. The first-order valence-corrected chi connectivity index (χ1v) is 6.66. The fraction of sp³-hybridized carbons (Fsp3) is 0.375. The minimum atomic E-state index is -0.0139. The lowest BCUT2D eigenvalue weighted by Gasteiger charge is -2.18. The summed E-state index contributed by atoms with van der Waals surface area (Å²) in [5.41, 5.74) is 3.21. The standard InChI is InChI=1S/C16H18N2O/c1-3-4-5-11-18-16(19)10-9-15(17-18)14-8-6-7-13(2)12-14/h6-8,12H,3-4,9-10H2,1-2H3. The number of unbranched alkanes of at least 4 members (excludes halogenated alkanes) is 1. The maximum atomic E-state index is 11.7. The molecule has 0 radical (unpaired) electrons. The topological polar surface area (TPSA) is 32.7 Å². The molecule has 1 amide bonds. The van der Waals surface area contributed by atoms with E-state index in [4.69, 9.17) is 0 Å². The predicted octanol–water partition coefficient (Wildman–Crippen LogP) is 3.08. The van der Waals surface area contributed by atoms with Gasteiger partial charge in [-0.2, -0.15) is 10.1 Å². The van der Waals surface area contributed by atoms with Gasteiger partial charge in [-0.25, -0.2) is 0 Å². The maximum absolute atomic E-state index is 11.7. The highest BCUT2D eigenvalue weighted by Crippen LogP contribution is 2.15. The molecule has 3 nitrogen and oxygen atoms in total. The van der Waals surface area contributed by atoms with E-state index in [2.05, 4.69) is 43.0 Å². The molecular formula is C16H18N2O. The summed E-state index contributed by atoms with van der Waals surface area (Å²) in [6.45, 7) is 4.12. The van der Waals surface area contributed by atoms with Crippen molar-refractivity contribution in [3.8, 4) is 12.0 Å². The van der Waals surface area contributed by atoms with Crippen molar-refractivity contribution in [1.29, 1.82) is 0 Å². The van der Waals surface area contributed by atoms with Crippen LogP contribution in [0.15, 0.2) is 29.4 Å². The molecule has 0 fully saturated rings. The Morgan fingerprint density at radius 2 is 2.21 bits per heavy atom. The third-order valence-corrected chi connectivity index (χ3v) is 2.94. The highest BCUT2D eigenvalue weighted by atomic mass is 16.2. The van der Waals surface area contributed by atoms with Crippen molar-refractivity contribution in [3.05, 3.63) is 35.4 Å². The van der Waals surface area contributed by atoms with E-state index in [0.717, 1.165) is 24.1 Å². The molecule has 1 aromatic rings. The van der Waals surface area contributed by atoms with Crippen molar-refractivity contribution in [3.63, 3.8) is 0 Å². The molecule has 0 aliphatic carbocycles. The van der Waals surface area contributed by atoms with Crippen LogP contribution in [0.1, 0.15) is 43.7 Å². The van der Waals surface area contributed by atoms with Gasteiger partial charge in [-0.15, -0.1) is 0 Å². The second kappa shape index (κ2) is 6.19. The van der Waals surface area contributed by atoms with Crippen LogP contribution in [0.4, 0.5) is 0 Å². The number of hydrazone groups is 1. The Bertz CT molecular complexity index is 564. The first-order valence-electron chi connectivity index (χ1n) is 6.66. The van der Waals surface area contributed by atoms with E-state index in [-0.39, 0.29) is 5.91 Å². The van der Waals surface area contributed by atoms with E-state index in [1.807, 2.05) is 12.1 Å². The monoisotopic (exact) mass is 254 g/mol. The van der Waals surface area contributed by atoms with Crippen molar-refractivity contribution in [1.82, 2.24) is 5.01 Å². The van der Waals surface area contributed by atoms with E-state index in [0.29, 0.717) is 12.8 Å². The molecule has 0 aromatic heterocycles. The summed E-state index contributed by atoms with van der Waals surface area (Å²) in [4.78, 5) is 11.7. The molecule has 1 aliphatic rings. The lowest BCUT2D eigenvalue weighted by atomic mass is 10.0. The molecule has 0 N–H and O–H groups in total. The lowest BCUT2D eigenvalue weighted by molar-refractivity contribution is -0.128. The molecule has 2 rings (SSSR count). The summed E-state index contributed by atoms with van der Waals surface area (Å²) in [5.74, 6) is 2.95. The van der Waals surface area contributed by atoms with Gasteiger partial charge in [-0.1, -0.05) is 42.7 Å². The van der Waals surface area contributed by atoms with Crippen LogP contribution in [0.3, 0.4) is 0 Å². The van der Waals surface area contributed by atoms with E-state index >= 15 is 0 Å². The zero-order valence-electron chi connectivity index (χ0n) is 11.4. The molecule has 0 saturated carbocycles. The molecule has 1 aromatic carbocycles. The summed E-state index contributed by atoms with van der Waals surface area (Å²) in [5, 5.41) is 5.68. The van der Waals surface area contributed by atoms with Gasteiger partial charge in [0.1, 0.15) is 0 Å². The third kappa shape index (κ3) is 3.45. The highest BCUT2D eigenvalue weighted by Gasteiger charge is 2.19. The molecule has 19 heavy (non-hydrogen) atoms. The minimum Gasteiger partial charge on any atom is -0.272 e. The van der Waals surface area contributed by atoms with Crippen LogP contribution in [0.5, 0.6) is 0 Å². The van der Waals surface area contributed by atoms with Crippen molar-refractivity contribution in [2.75, 3.05) is 0 Å². The van der Waals surface area contributed by atoms with Gasteiger partial charge in [0.25, 0.3) is 5.91 Å². The fourth-order valence-electron chi connectivity index (χ4n) is 1.93. The van der Waals surface area contributed by atoms with Crippen LogP contribution < -0.4 is 0 Å². The number of carbonyl (C=O) groups excluding carboxylic acids is 1. The van der Waals surface area contributed by atoms with Gasteiger partial charge in [-0.3, -0.25) is 4.79 Å². The van der Waals surface area contributed by atoms with Crippen LogP contribution in [-0.2, 0) is 4.79 Å². The van der Waals surface area contributed by atoms with Crippen molar-refractivity contribution < 1.29 is 4.79 Å². The van der Waals surface area contributed by atoms with Gasteiger partial charge in [-0.05, 0) is 18.9 Å². The summed E-state index contributed by atoms with van der Waals surface area (Å²) in [6, 6.07) is 11.0. The van der Waals surface area contributed by atoms with Gasteiger partial charge in [0, 0.05) is 25.3 Å². The summed E-state index contributed by atoms with van der Waals surface area (Å²) >= 11 is 0. The molecule has 0 atom stereocenters. The van der Waals surface area contributed by atoms with E-state index in [9.17, 15) is 4.79 Å². The van der Waals surface area contributed by atoms with E-state index in [1.165, 1.54) is 10.6 Å². The number of aryl methyl sites for hydroxylation is 1. The fourth-order valence-corrected chi connectivity index (χ4v) is 1.93. The summed E-state index contributed by atoms with van der Waals surface area (Å²) < 4.78 is 0. The van der Waals surface area contributed by atoms with Crippen molar-refractivity contribution >= 4 is 11.6 Å². The van der Waals surface area contributed by atoms with Crippen molar-refractivity contribution in [2.24, 2.45) is 5.10 Å². The Morgan fingerprint density at radius 3 is 2.95 bits per heavy atom. The number of hydrogen-bond donors (Lipinski definition) is 0. The second-order valence-corrected chi connectivity index (χ2v) is 4.66. The third-order valence-electron chi connectivity index (χ3n) is 2.94. The summed E-state index contributed by atoms with van der Waals surface area (Å²) in [6.07, 6.45) is 2.95. The first-order chi connectivity index (χ1) is 9.20. The normalized spacial score (nSPS) is 14.7. The molecule has 0 spiro atoms. The molecule has 0 unspecified atom stereocenters. The van der Waals surface area contributed by atoms with Gasteiger partial charge < -0.3 is 0 Å². The number of nitrogens with zero attached hydrogens (tertiary/aromatic N) is 2. The SMILES string of the molecule is CCCC#CN1N=C(c2cccc(C)c2)CCC1=O. The Hall–Kier alpha value is -2.08. The van der Waals surface area contributed by atoms with Gasteiger partial charge >= 0.3 is 0 Å². The molecule has 3 heteroatoms. The highest BCUT2D eigenvalue weighted by molar-refractivity contribution is 6.04. The Morgan fingerprint density at radius 1 is 1.37 bits per heavy atom. The quantitative estimate of drug-likeness (QED) is 0.746. The lowest BCUT2D eigenvalue weighted by Crippen LogP contribution is -2.28. The van der Waals surface area contributed by atoms with E-state index in [1.54, 1.807) is 0 Å². The second-order valence-electron chi connectivity index (χ2n) is 4.66. The number of benzene rings is 1. The minimum absolute atomic E-state index is 0.0139. The molecule has 0 bridgehead atoms. The smallest absolute Gasteiger partial charge is 0.255 e. The number of rotatable bonds is 2. The zero-order chi connectivity index (χ0) is 13.7. The number of hydrogen-bond acceptors (Lipinski definition) is 2. The number of amides is 1. The Kier molecular flexibility index (Phi) is 4.35. The van der Waals surface area contributed by atoms with Crippen LogP contribution in [0.25, 0.3) is 0 Å². The van der Waals surface area contributed by atoms with Crippen LogP contribution in [-0.4, -0.2) is 16.6 Å². The van der Waals surface area contributed by atoms with Gasteiger partial charge in [0.05, 0.1) is 5.71 Å². The molecule has 1 heterocycles. The zero-order valence-corrected chi connectivity index (χ0v) is 11.4. The van der Waals surface area contributed by atoms with Gasteiger partial charge in [0.2, 0.25) is 0 Å². The molecule has 1 aliphatic heterocycles. The van der Waals surface area contributed by atoms with Crippen molar-refractivity contribution in [2.45, 2.75) is 39.5 Å². The maximum Gasteiger partial charge on any atom is 0.255 e. The molecular weight excluding hydrogens is 236 g/mol. The van der Waals surface area contributed by atoms with E-state index < -0.39 is 0 Å². The average Bonchev–Trinajstić information content (AvgIpc) is 2.41. The van der Waals surface area contributed by atoms with Gasteiger partial charge in [0.15, 0.2) is 0 Å². The summed E-state index contributed by atoms with van der Waals surface area (Å²) in [7, 11) is 0. The average molecular weight is 254 g/mol. The van der Waals surface area contributed by atoms with Crippen LogP contribution >= 0.6 is 0 Å². The Balaban J connectivity index is 2.24. The molecule has 0 saturated heterocycles. The van der Waals surface area contributed by atoms with Crippen LogP contribution in [0, 0.1) is 18.9 Å². The molecule has 98 valence electrons. The van der Waals surface area contributed by atoms with Crippen LogP contribution in [0.2, 0.25) is 0 Å². The number of carbonyl (C=O) groups is 1. The Labute approximate surface area is 114 Å². The first kappa shape index (κ1) is 13.4.